The van der Waals surface area contributed by atoms with Gasteiger partial charge in [0.15, 0.2) is 6.61 Å². The minimum atomic E-state index is -0.563. The summed E-state index contributed by atoms with van der Waals surface area (Å²) in [6.45, 7) is 9.37. The number of rotatable bonds is 9. The zero-order valence-corrected chi connectivity index (χ0v) is 18.5. The molecule has 0 unspecified atom stereocenters. The van der Waals surface area contributed by atoms with E-state index >= 15 is 0 Å². The number of benzene rings is 1. The van der Waals surface area contributed by atoms with Crippen LogP contribution in [-0.4, -0.2) is 22.1 Å². The van der Waals surface area contributed by atoms with E-state index in [1.165, 1.54) is 6.92 Å². The molecule has 0 aliphatic heterocycles. The number of ketones is 1. The number of nitriles is 1. The number of nitrogens with zero attached hydrogens (tertiary/aromatic N) is 2. The van der Waals surface area contributed by atoms with Gasteiger partial charge in [0, 0.05) is 6.54 Å². The number of hydrogen-bond acceptors (Lipinski definition) is 5. The summed E-state index contributed by atoms with van der Waals surface area (Å²) < 4.78 is 6.91. The van der Waals surface area contributed by atoms with Crippen LogP contribution in [0.15, 0.2) is 16.9 Å². The van der Waals surface area contributed by atoms with Gasteiger partial charge >= 0.3 is 0 Å². The Labute approximate surface area is 177 Å². The van der Waals surface area contributed by atoms with E-state index in [2.05, 4.69) is 6.92 Å². The zero-order valence-electron chi connectivity index (χ0n) is 18.5. The van der Waals surface area contributed by atoms with Crippen LogP contribution >= 0.6 is 0 Å². The molecule has 1 heterocycles. The van der Waals surface area contributed by atoms with Crippen molar-refractivity contribution >= 4 is 5.78 Å². The molecule has 30 heavy (non-hydrogen) atoms. The van der Waals surface area contributed by atoms with Crippen LogP contribution in [0.1, 0.15) is 70.8 Å². The molecule has 0 fully saturated rings. The van der Waals surface area contributed by atoms with Gasteiger partial charge in [-0.2, -0.15) is 5.26 Å². The average Bonchev–Trinajstić information content (AvgIpc) is 2.66. The highest BCUT2D eigenvalue weighted by Gasteiger charge is 2.24. The van der Waals surface area contributed by atoms with Crippen LogP contribution in [0.3, 0.4) is 0 Å². The summed E-state index contributed by atoms with van der Waals surface area (Å²) in [5, 5.41) is 20.2. The molecule has 0 radical (unpaired) electrons. The molecule has 0 saturated carbocycles. The average molecular weight is 411 g/mol. The lowest BCUT2D eigenvalue weighted by atomic mass is 10.0. The van der Waals surface area contributed by atoms with Crippen LogP contribution < -0.4 is 10.3 Å². The number of aromatic nitrogens is 1. The Balaban J connectivity index is 2.37. The van der Waals surface area contributed by atoms with Crippen LogP contribution in [0.5, 0.6) is 11.6 Å². The molecule has 160 valence electrons. The van der Waals surface area contributed by atoms with Crippen molar-refractivity contribution in [2.45, 2.75) is 66.8 Å². The molecule has 6 heteroatoms. The molecule has 0 aliphatic carbocycles. The Bertz CT molecular complexity index is 1020. The minimum absolute atomic E-state index is 0.0240. The number of aryl methyl sites for hydroxylation is 3. The van der Waals surface area contributed by atoms with E-state index in [4.69, 9.17) is 4.74 Å². The number of unbranched alkanes of at least 4 members (excludes halogenated alkanes) is 3. The van der Waals surface area contributed by atoms with E-state index in [-0.39, 0.29) is 35.7 Å². The molecule has 0 amide bonds. The van der Waals surface area contributed by atoms with E-state index < -0.39 is 11.3 Å². The molecule has 2 rings (SSSR count). The molecular formula is C24H30N2O4. The minimum Gasteiger partial charge on any atom is -0.494 e. The number of aromatic hydroxyl groups is 1. The second kappa shape index (κ2) is 10.1. The van der Waals surface area contributed by atoms with E-state index in [1.807, 2.05) is 39.0 Å². The number of Topliss-reactive ketones (excluding diaryl/α,β-unsaturated/α-hetero) is 1. The maximum Gasteiger partial charge on any atom is 0.271 e. The fraction of sp³-hybridized carbons (Fsp3) is 0.458. The highest BCUT2D eigenvalue weighted by molar-refractivity contribution is 6.01. The van der Waals surface area contributed by atoms with Crippen LogP contribution in [0.4, 0.5) is 0 Å². The first kappa shape index (κ1) is 23.2. The van der Waals surface area contributed by atoms with Crippen LogP contribution in [0.25, 0.3) is 0 Å². The van der Waals surface area contributed by atoms with Crippen LogP contribution in [0.2, 0.25) is 0 Å². The summed E-state index contributed by atoms with van der Waals surface area (Å²) in [5.41, 5.74) is 2.42. The zero-order chi connectivity index (χ0) is 22.4. The van der Waals surface area contributed by atoms with Crippen LogP contribution in [-0.2, 0) is 6.54 Å². The second-order valence-corrected chi connectivity index (χ2v) is 7.77. The summed E-state index contributed by atoms with van der Waals surface area (Å²) in [4.78, 5) is 25.6. The Morgan fingerprint density at radius 2 is 1.77 bits per heavy atom. The normalized spacial score (nSPS) is 10.7. The van der Waals surface area contributed by atoms with Crippen molar-refractivity contribution in [1.82, 2.24) is 4.57 Å². The van der Waals surface area contributed by atoms with Crippen molar-refractivity contribution in [2.75, 3.05) is 6.61 Å². The van der Waals surface area contributed by atoms with Crippen LogP contribution in [0, 0.1) is 39.0 Å². The van der Waals surface area contributed by atoms with Gasteiger partial charge in [-0.05, 0) is 50.8 Å². The highest BCUT2D eigenvalue weighted by Crippen LogP contribution is 2.26. The molecule has 0 bridgehead atoms. The van der Waals surface area contributed by atoms with Gasteiger partial charge in [0.05, 0.1) is 5.56 Å². The molecule has 6 nitrogen and oxygen atoms in total. The van der Waals surface area contributed by atoms with Crippen molar-refractivity contribution in [3.05, 3.63) is 55.9 Å². The standard InChI is InChI=1S/C24H30N2O4/c1-6-7-8-9-10-26-23(28)19(13-25)18(5)21(24(26)29)20(27)14-30-22-16(3)11-15(2)12-17(22)4/h11-12,29H,6-10,14H2,1-5H3. The first-order valence-electron chi connectivity index (χ1n) is 10.3. The van der Waals surface area contributed by atoms with Crippen molar-refractivity contribution in [3.8, 4) is 17.7 Å². The maximum atomic E-state index is 12.9. The van der Waals surface area contributed by atoms with E-state index in [0.717, 1.165) is 40.5 Å². The molecule has 0 aliphatic rings. The summed E-state index contributed by atoms with van der Waals surface area (Å²) in [7, 11) is 0. The van der Waals surface area contributed by atoms with Crippen molar-refractivity contribution in [2.24, 2.45) is 0 Å². The van der Waals surface area contributed by atoms with E-state index in [9.17, 15) is 20.0 Å². The van der Waals surface area contributed by atoms with E-state index in [1.54, 1.807) is 0 Å². The Hall–Kier alpha value is -3.07. The molecule has 1 N–H and O–H groups in total. The molecule has 1 aromatic carbocycles. The maximum absolute atomic E-state index is 12.9. The molecule has 2 aromatic rings. The summed E-state index contributed by atoms with van der Waals surface area (Å²) in [6, 6.07) is 5.83. The van der Waals surface area contributed by atoms with Gasteiger partial charge in [-0.1, -0.05) is 43.9 Å². The smallest absolute Gasteiger partial charge is 0.271 e. The van der Waals surface area contributed by atoms with Crippen molar-refractivity contribution in [3.63, 3.8) is 0 Å². The number of carbonyl (C=O) groups is 1. The summed E-state index contributed by atoms with van der Waals surface area (Å²) in [6.07, 6.45) is 3.64. The summed E-state index contributed by atoms with van der Waals surface area (Å²) >= 11 is 0. The third-order valence-corrected chi connectivity index (χ3v) is 5.27. The van der Waals surface area contributed by atoms with Gasteiger partial charge in [0.2, 0.25) is 11.7 Å². The lowest BCUT2D eigenvalue weighted by Gasteiger charge is -2.17. The van der Waals surface area contributed by atoms with Crippen molar-refractivity contribution in [1.29, 1.82) is 5.26 Å². The van der Waals surface area contributed by atoms with Gasteiger partial charge in [0.25, 0.3) is 5.56 Å². The van der Waals surface area contributed by atoms with Gasteiger partial charge < -0.3 is 9.84 Å². The van der Waals surface area contributed by atoms with Gasteiger partial charge in [0.1, 0.15) is 17.4 Å². The molecular weight excluding hydrogens is 380 g/mol. The number of ether oxygens (including phenoxy) is 1. The van der Waals surface area contributed by atoms with E-state index in [0.29, 0.717) is 12.2 Å². The molecule has 0 saturated heterocycles. The fourth-order valence-corrected chi connectivity index (χ4v) is 3.79. The first-order chi connectivity index (χ1) is 14.2. The lowest BCUT2D eigenvalue weighted by Crippen LogP contribution is -2.28. The van der Waals surface area contributed by atoms with Crippen molar-refractivity contribution < 1.29 is 14.6 Å². The van der Waals surface area contributed by atoms with Gasteiger partial charge in [-0.3, -0.25) is 14.2 Å². The van der Waals surface area contributed by atoms with Gasteiger partial charge in [-0.15, -0.1) is 0 Å². The van der Waals surface area contributed by atoms with Gasteiger partial charge in [-0.25, -0.2) is 0 Å². The third kappa shape index (κ3) is 4.91. The Kier molecular flexibility index (Phi) is 7.82. The SMILES string of the molecule is CCCCCCn1c(O)c(C(=O)COc2c(C)cc(C)cc2C)c(C)c(C#N)c1=O. The quantitative estimate of drug-likeness (QED) is 0.485. The largest absolute Gasteiger partial charge is 0.494 e. The number of hydrogen-bond donors (Lipinski definition) is 1. The third-order valence-electron chi connectivity index (χ3n) is 5.27. The highest BCUT2D eigenvalue weighted by atomic mass is 16.5. The first-order valence-corrected chi connectivity index (χ1v) is 10.3. The molecule has 0 atom stereocenters. The Morgan fingerprint density at radius 1 is 1.13 bits per heavy atom. The fourth-order valence-electron chi connectivity index (χ4n) is 3.79. The topological polar surface area (TPSA) is 92.3 Å². The second-order valence-electron chi connectivity index (χ2n) is 7.77. The predicted molar refractivity (Wildman–Crippen MR) is 116 cm³/mol. The Morgan fingerprint density at radius 3 is 2.33 bits per heavy atom. The number of pyridine rings is 1. The lowest BCUT2D eigenvalue weighted by molar-refractivity contribution is 0.0915. The summed E-state index contributed by atoms with van der Waals surface area (Å²) in [5.74, 6) is -0.235. The molecule has 1 aromatic heterocycles. The molecule has 0 spiro atoms. The number of carbonyl (C=O) groups excluding carboxylic acids is 1. The monoisotopic (exact) mass is 410 g/mol. The predicted octanol–water partition coefficient (Wildman–Crippen LogP) is 4.50.